The summed E-state index contributed by atoms with van der Waals surface area (Å²) in [6, 6.07) is 6.08. The molecule has 0 radical (unpaired) electrons. The number of aromatic nitrogens is 1. The van der Waals surface area contributed by atoms with Crippen LogP contribution in [0.3, 0.4) is 0 Å². The summed E-state index contributed by atoms with van der Waals surface area (Å²) in [5.74, 6) is 0.240. The molecule has 0 bridgehead atoms. The van der Waals surface area contributed by atoms with Gasteiger partial charge in [0, 0.05) is 6.42 Å². The van der Waals surface area contributed by atoms with E-state index in [9.17, 15) is 4.79 Å². The lowest BCUT2D eigenvalue weighted by Gasteiger charge is -2.10. The minimum atomic E-state index is -0.00641. The average Bonchev–Trinajstić information content (AvgIpc) is 2.77. The first-order chi connectivity index (χ1) is 9.12. The highest BCUT2D eigenvalue weighted by atomic mass is 32.1. The summed E-state index contributed by atoms with van der Waals surface area (Å²) in [5, 5.41) is 3.53. The van der Waals surface area contributed by atoms with Crippen LogP contribution in [-0.2, 0) is 4.79 Å². The molecule has 0 aliphatic carbocycles. The summed E-state index contributed by atoms with van der Waals surface area (Å²) < 4.78 is 1.10. The summed E-state index contributed by atoms with van der Waals surface area (Å²) in [6.07, 6.45) is 1.38. The quantitative estimate of drug-likeness (QED) is 0.883. The molecule has 1 amide bonds. The Bertz CT molecular complexity index is 575. The number of fused-ring (bicyclic) bond motifs is 1. The van der Waals surface area contributed by atoms with Gasteiger partial charge in [0.1, 0.15) is 0 Å². The Hall–Kier alpha value is -1.46. The van der Waals surface area contributed by atoms with Gasteiger partial charge in [-0.05, 0) is 37.1 Å². The average molecular weight is 277 g/mol. The molecule has 0 aliphatic heterocycles. The van der Waals surface area contributed by atoms with Gasteiger partial charge in [-0.2, -0.15) is 0 Å². The van der Waals surface area contributed by atoms with Gasteiger partial charge in [0.05, 0.1) is 10.2 Å². The van der Waals surface area contributed by atoms with Gasteiger partial charge < -0.3 is 11.1 Å². The number of rotatable bonds is 5. The number of thiazole rings is 1. The molecule has 4 nitrogen and oxygen atoms in total. The van der Waals surface area contributed by atoms with Crippen molar-refractivity contribution >= 4 is 32.6 Å². The summed E-state index contributed by atoms with van der Waals surface area (Å²) in [5.41, 5.74) is 7.73. The van der Waals surface area contributed by atoms with Gasteiger partial charge in [-0.1, -0.05) is 30.7 Å². The number of carbonyl (C=O) groups excluding carboxylic acids is 1. The number of nitrogens with zero attached hydrogens (tertiary/aromatic N) is 1. The third-order valence-electron chi connectivity index (χ3n) is 3.18. The molecule has 0 spiro atoms. The van der Waals surface area contributed by atoms with Crippen molar-refractivity contribution in [1.82, 2.24) is 4.98 Å². The minimum absolute atomic E-state index is 0.00641. The molecule has 1 atom stereocenters. The first kappa shape index (κ1) is 14.0. The maximum absolute atomic E-state index is 11.9. The van der Waals surface area contributed by atoms with Gasteiger partial charge in [0.2, 0.25) is 5.91 Å². The molecule has 2 aromatic rings. The normalized spacial score (nSPS) is 12.6. The van der Waals surface area contributed by atoms with Crippen molar-refractivity contribution < 1.29 is 4.79 Å². The van der Waals surface area contributed by atoms with E-state index in [2.05, 4.69) is 16.4 Å². The molecule has 1 heterocycles. The van der Waals surface area contributed by atoms with Crippen LogP contribution in [0.5, 0.6) is 0 Å². The fourth-order valence-electron chi connectivity index (χ4n) is 1.91. The zero-order valence-electron chi connectivity index (χ0n) is 11.3. The summed E-state index contributed by atoms with van der Waals surface area (Å²) in [6.45, 7) is 4.64. The van der Waals surface area contributed by atoms with Crippen molar-refractivity contribution in [1.29, 1.82) is 0 Å². The molecule has 102 valence electrons. The molecule has 19 heavy (non-hydrogen) atoms. The minimum Gasteiger partial charge on any atom is -0.330 e. The number of carbonyl (C=O) groups is 1. The van der Waals surface area contributed by atoms with E-state index >= 15 is 0 Å². The van der Waals surface area contributed by atoms with E-state index < -0.39 is 0 Å². The number of benzene rings is 1. The van der Waals surface area contributed by atoms with Crippen molar-refractivity contribution in [2.45, 2.75) is 26.7 Å². The Labute approximate surface area is 117 Å². The van der Waals surface area contributed by atoms with Crippen LogP contribution in [0.4, 0.5) is 5.13 Å². The van der Waals surface area contributed by atoms with Crippen molar-refractivity contribution in [3.05, 3.63) is 23.8 Å². The van der Waals surface area contributed by atoms with Crippen LogP contribution >= 0.6 is 11.3 Å². The van der Waals surface area contributed by atoms with Crippen molar-refractivity contribution in [3.63, 3.8) is 0 Å². The molecule has 0 aliphatic rings. The Morgan fingerprint density at radius 2 is 2.32 bits per heavy atom. The molecule has 2 rings (SSSR count). The molecule has 5 heteroatoms. The van der Waals surface area contributed by atoms with E-state index in [1.54, 1.807) is 0 Å². The molecule has 1 unspecified atom stereocenters. The predicted octanol–water partition coefficient (Wildman–Crippen LogP) is 2.92. The van der Waals surface area contributed by atoms with E-state index in [4.69, 9.17) is 5.73 Å². The monoisotopic (exact) mass is 277 g/mol. The van der Waals surface area contributed by atoms with Crippen LogP contribution in [0.2, 0.25) is 0 Å². The fraction of sp³-hybridized carbons (Fsp3) is 0.429. The van der Waals surface area contributed by atoms with E-state index in [1.165, 1.54) is 16.9 Å². The highest BCUT2D eigenvalue weighted by molar-refractivity contribution is 7.22. The van der Waals surface area contributed by atoms with E-state index in [1.807, 2.05) is 26.0 Å². The van der Waals surface area contributed by atoms with Crippen molar-refractivity contribution in [3.8, 4) is 0 Å². The second-order valence-electron chi connectivity index (χ2n) is 4.75. The molecular formula is C14H19N3OS. The molecule has 1 aromatic heterocycles. The zero-order valence-corrected chi connectivity index (χ0v) is 12.1. The third kappa shape index (κ3) is 3.52. The first-order valence-corrected chi connectivity index (χ1v) is 7.31. The number of amides is 1. The van der Waals surface area contributed by atoms with Gasteiger partial charge in [0.25, 0.3) is 0 Å². The van der Waals surface area contributed by atoms with Gasteiger partial charge in [-0.15, -0.1) is 0 Å². The van der Waals surface area contributed by atoms with Crippen LogP contribution in [0.15, 0.2) is 18.2 Å². The lowest BCUT2D eigenvalue weighted by atomic mass is 10.0. The van der Waals surface area contributed by atoms with E-state index in [0.29, 0.717) is 18.1 Å². The smallest absolute Gasteiger partial charge is 0.226 e. The van der Waals surface area contributed by atoms with Gasteiger partial charge in [0.15, 0.2) is 5.13 Å². The standard InChI is InChI=1S/C14H19N3OS/c1-3-10(8-15)7-13(18)17-14-16-11-5-4-9(2)6-12(11)19-14/h4-6,10H,3,7-8,15H2,1-2H3,(H,16,17,18). The molecule has 0 saturated carbocycles. The van der Waals surface area contributed by atoms with Crippen LogP contribution < -0.4 is 11.1 Å². The maximum Gasteiger partial charge on any atom is 0.226 e. The predicted molar refractivity (Wildman–Crippen MR) is 80.4 cm³/mol. The topological polar surface area (TPSA) is 68.0 Å². The number of nitrogens with one attached hydrogen (secondary N) is 1. The van der Waals surface area contributed by atoms with Crippen molar-refractivity contribution in [2.75, 3.05) is 11.9 Å². The molecule has 3 N–H and O–H groups in total. The third-order valence-corrected chi connectivity index (χ3v) is 4.11. The SMILES string of the molecule is CCC(CN)CC(=O)Nc1nc2ccc(C)cc2s1. The largest absolute Gasteiger partial charge is 0.330 e. The molecule has 0 fully saturated rings. The van der Waals surface area contributed by atoms with E-state index in [-0.39, 0.29) is 11.8 Å². The number of hydrogen-bond donors (Lipinski definition) is 2. The highest BCUT2D eigenvalue weighted by Gasteiger charge is 2.12. The van der Waals surface area contributed by atoms with Crippen LogP contribution in [-0.4, -0.2) is 17.4 Å². The maximum atomic E-state index is 11.9. The lowest BCUT2D eigenvalue weighted by molar-refractivity contribution is -0.117. The fourth-order valence-corrected chi connectivity index (χ4v) is 2.89. The van der Waals surface area contributed by atoms with Crippen LogP contribution in [0.1, 0.15) is 25.3 Å². The molecular weight excluding hydrogens is 258 g/mol. The Morgan fingerprint density at radius 1 is 1.53 bits per heavy atom. The van der Waals surface area contributed by atoms with Crippen molar-refractivity contribution in [2.24, 2.45) is 11.7 Å². The Morgan fingerprint density at radius 3 is 3.00 bits per heavy atom. The number of aryl methyl sites for hydroxylation is 1. The Kier molecular flexibility index (Phi) is 4.50. The van der Waals surface area contributed by atoms with Gasteiger partial charge >= 0.3 is 0 Å². The second kappa shape index (κ2) is 6.12. The van der Waals surface area contributed by atoms with Gasteiger partial charge in [-0.25, -0.2) is 4.98 Å². The summed E-state index contributed by atoms with van der Waals surface area (Å²) in [4.78, 5) is 16.3. The molecule has 0 saturated heterocycles. The second-order valence-corrected chi connectivity index (χ2v) is 5.78. The summed E-state index contributed by atoms with van der Waals surface area (Å²) >= 11 is 1.51. The van der Waals surface area contributed by atoms with E-state index in [0.717, 1.165) is 16.6 Å². The van der Waals surface area contributed by atoms with Gasteiger partial charge in [-0.3, -0.25) is 4.79 Å². The lowest BCUT2D eigenvalue weighted by Crippen LogP contribution is -2.21. The summed E-state index contributed by atoms with van der Waals surface area (Å²) in [7, 11) is 0. The van der Waals surface area contributed by atoms with Crippen LogP contribution in [0.25, 0.3) is 10.2 Å². The number of nitrogens with two attached hydrogens (primary N) is 1. The van der Waals surface area contributed by atoms with Crippen LogP contribution in [0, 0.1) is 12.8 Å². The Balaban J connectivity index is 2.06. The molecule has 1 aromatic carbocycles. The first-order valence-electron chi connectivity index (χ1n) is 6.49. The zero-order chi connectivity index (χ0) is 13.8. The highest BCUT2D eigenvalue weighted by Crippen LogP contribution is 2.26. The number of hydrogen-bond acceptors (Lipinski definition) is 4. The number of anilines is 1.